The fourth-order valence-corrected chi connectivity index (χ4v) is 5.44. The van der Waals surface area contributed by atoms with Crippen molar-refractivity contribution in [2.45, 2.75) is 51.7 Å². The molecular weight excluding hydrogens is 463 g/mol. The highest BCUT2D eigenvalue weighted by atomic mass is 19.1. The van der Waals surface area contributed by atoms with Gasteiger partial charge in [-0.15, -0.1) is 0 Å². The lowest BCUT2D eigenvalue weighted by atomic mass is 9.91. The summed E-state index contributed by atoms with van der Waals surface area (Å²) in [5.41, 5.74) is 0.910. The number of benzene rings is 1. The Hall–Kier alpha value is -2.36. The highest BCUT2D eigenvalue weighted by Gasteiger charge is 2.44. The maximum Gasteiger partial charge on any atom is 0.324 e. The van der Waals surface area contributed by atoms with Crippen LogP contribution in [0.2, 0.25) is 0 Å². The number of ketones is 1. The SMILES string of the molecule is COC1CN(CC(=O)c2ccc(COC[C@@H]3C[C@@H]3C3CCN(c4nc(C(C)C)no4)CC3)cc2F)C1. The number of Topliss-reactive ketones (excluding diaryl/α,β-unsaturated/α-hetero) is 1. The van der Waals surface area contributed by atoms with Gasteiger partial charge in [-0.05, 0) is 54.7 Å². The molecule has 0 bridgehead atoms. The van der Waals surface area contributed by atoms with E-state index in [1.54, 1.807) is 19.2 Å². The zero-order valence-electron chi connectivity index (χ0n) is 21.5. The van der Waals surface area contributed by atoms with E-state index in [4.69, 9.17) is 14.0 Å². The summed E-state index contributed by atoms with van der Waals surface area (Å²) in [6.45, 7) is 8.75. The first-order valence-corrected chi connectivity index (χ1v) is 13.1. The number of hydrogen-bond donors (Lipinski definition) is 0. The standard InChI is InChI=1S/C27H37FN4O4/c1-17(2)26-29-27(36-30-26)32-8-6-19(7-9-32)23-11-20(23)16-35-15-18-4-5-22(24(28)10-18)25(33)14-31-12-21(13-31)34-3/h4-5,10,17,19-21,23H,6-9,11-16H2,1-3H3/t20-,23+/m0/s1. The van der Waals surface area contributed by atoms with Gasteiger partial charge in [0.05, 0.1) is 31.4 Å². The number of ether oxygens (including phenoxy) is 2. The summed E-state index contributed by atoms with van der Waals surface area (Å²) in [5, 5.41) is 4.08. The van der Waals surface area contributed by atoms with Gasteiger partial charge in [0.2, 0.25) is 0 Å². The minimum Gasteiger partial charge on any atom is -0.379 e. The minimum atomic E-state index is -0.470. The number of rotatable bonds is 11. The minimum absolute atomic E-state index is 0.147. The van der Waals surface area contributed by atoms with Crippen LogP contribution in [0.5, 0.6) is 0 Å². The number of likely N-dealkylation sites (tertiary alicyclic amines) is 1. The molecule has 9 heteroatoms. The van der Waals surface area contributed by atoms with Gasteiger partial charge in [0.15, 0.2) is 11.6 Å². The molecule has 1 saturated carbocycles. The molecule has 0 N–H and O–H groups in total. The summed E-state index contributed by atoms with van der Waals surface area (Å²) in [6, 6.07) is 5.47. The average Bonchev–Trinajstić information content (AvgIpc) is 3.43. The summed E-state index contributed by atoms with van der Waals surface area (Å²) in [5.74, 6) is 2.36. The van der Waals surface area contributed by atoms with Gasteiger partial charge in [-0.3, -0.25) is 9.69 Å². The molecule has 5 rings (SSSR count). The van der Waals surface area contributed by atoms with E-state index in [-0.39, 0.29) is 29.9 Å². The van der Waals surface area contributed by atoms with Gasteiger partial charge in [-0.25, -0.2) is 4.39 Å². The van der Waals surface area contributed by atoms with Crippen LogP contribution < -0.4 is 4.90 Å². The van der Waals surface area contributed by atoms with Crippen LogP contribution in [-0.2, 0) is 16.1 Å². The van der Waals surface area contributed by atoms with Crippen molar-refractivity contribution in [3.63, 3.8) is 0 Å². The monoisotopic (exact) mass is 500 g/mol. The molecule has 3 aliphatic rings. The van der Waals surface area contributed by atoms with Gasteiger partial charge in [0, 0.05) is 39.2 Å². The first kappa shape index (κ1) is 25.3. The number of halogens is 1. The Bertz CT molecular complexity index is 1050. The molecule has 8 nitrogen and oxygen atoms in total. The maximum atomic E-state index is 14.6. The van der Waals surface area contributed by atoms with Gasteiger partial charge >= 0.3 is 6.01 Å². The molecule has 36 heavy (non-hydrogen) atoms. The molecule has 3 fully saturated rings. The third kappa shape index (κ3) is 5.79. The summed E-state index contributed by atoms with van der Waals surface area (Å²) in [7, 11) is 1.66. The lowest BCUT2D eigenvalue weighted by Crippen LogP contribution is -2.53. The molecular formula is C27H37FN4O4. The van der Waals surface area contributed by atoms with Crippen molar-refractivity contribution in [1.82, 2.24) is 15.0 Å². The zero-order valence-corrected chi connectivity index (χ0v) is 21.5. The predicted molar refractivity (Wildman–Crippen MR) is 133 cm³/mol. The third-order valence-electron chi connectivity index (χ3n) is 7.90. The van der Waals surface area contributed by atoms with Gasteiger partial charge in [-0.2, -0.15) is 4.98 Å². The lowest BCUT2D eigenvalue weighted by Gasteiger charge is -2.37. The van der Waals surface area contributed by atoms with E-state index in [0.717, 1.165) is 50.4 Å². The number of methoxy groups -OCH3 is 1. The van der Waals surface area contributed by atoms with Crippen LogP contribution in [0.4, 0.5) is 10.4 Å². The van der Waals surface area contributed by atoms with Crippen molar-refractivity contribution < 1.29 is 23.2 Å². The molecule has 2 aliphatic heterocycles. The van der Waals surface area contributed by atoms with E-state index < -0.39 is 5.82 Å². The highest BCUT2D eigenvalue weighted by Crippen LogP contribution is 2.48. The maximum absolute atomic E-state index is 14.6. The lowest BCUT2D eigenvalue weighted by molar-refractivity contribution is -0.0255. The fourth-order valence-electron chi connectivity index (χ4n) is 5.44. The molecule has 0 spiro atoms. The molecule has 2 aromatic rings. The topological polar surface area (TPSA) is 80.9 Å². The van der Waals surface area contributed by atoms with Crippen LogP contribution in [0, 0.1) is 23.6 Å². The van der Waals surface area contributed by atoms with E-state index in [1.807, 2.05) is 4.90 Å². The normalized spacial score (nSPS) is 23.3. The Balaban J connectivity index is 1.01. The molecule has 3 heterocycles. The molecule has 2 saturated heterocycles. The Morgan fingerprint density at radius 3 is 2.69 bits per heavy atom. The number of hydrogen-bond acceptors (Lipinski definition) is 8. The summed E-state index contributed by atoms with van der Waals surface area (Å²) < 4.78 is 31.2. The van der Waals surface area contributed by atoms with E-state index in [1.165, 1.54) is 12.5 Å². The molecule has 0 unspecified atom stereocenters. The Kier molecular flexibility index (Phi) is 7.69. The highest BCUT2D eigenvalue weighted by molar-refractivity contribution is 5.98. The Labute approximate surface area is 212 Å². The van der Waals surface area contributed by atoms with Crippen LogP contribution in [0.15, 0.2) is 22.7 Å². The van der Waals surface area contributed by atoms with Crippen molar-refractivity contribution >= 4 is 11.8 Å². The van der Waals surface area contributed by atoms with Crippen LogP contribution in [-0.4, -0.2) is 73.4 Å². The second kappa shape index (κ2) is 10.9. The van der Waals surface area contributed by atoms with Crippen molar-refractivity contribution in [3.05, 3.63) is 41.0 Å². The number of aromatic nitrogens is 2. The number of carbonyl (C=O) groups excluding carboxylic acids is 1. The summed E-state index contributed by atoms with van der Waals surface area (Å²) in [4.78, 5) is 21.1. The summed E-state index contributed by atoms with van der Waals surface area (Å²) in [6.07, 6.45) is 3.64. The van der Waals surface area contributed by atoms with Crippen molar-refractivity contribution in [3.8, 4) is 0 Å². The first-order chi connectivity index (χ1) is 17.4. The quantitative estimate of drug-likeness (QED) is 0.430. The number of carbonyl (C=O) groups is 1. The van der Waals surface area contributed by atoms with Gasteiger partial charge in [0.25, 0.3) is 0 Å². The van der Waals surface area contributed by atoms with Crippen molar-refractivity contribution in [1.29, 1.82) is 0 Å². The van der Waals surface area contributed by atoms with Crippen LogP contribution >= 0.6 is 0 Å². The molecule has 0 amide bonds. The van der Waals surface area contributed by atoms with Gasteiger partial charge in [0.1, 0.15) is 5.82 Å². The number of piperidine rings is 1. The Morgan fingerprint density at radius 1 is 1.25 bits per heavy atom. The molecule has 196 valence electrons. The molecule has 1 aromatic heterocycles. The molecule has 0 radical (unpaired) electrons. The molecule has 1 aromatic carbocycles. The Morgan fingerprint density at radius 2 is 2.03 bits per heavy atom. The van der Waals surface area contributed by atoms with E-state index in [9.17, 15) is 9.18 Å². The van der Waals surface area contributed by atoms with Crippen LogP contribution in [0.25, 0.3) is 0 Å². The largest absolute Gasteiger partial charge is 0.379 e. The fraction of sp³-hybridized carbons (Fsp3) is 0.667. The smallest absolute Gasteiger partial charge is 0.324 e. The second-order valence-electron chi connectivity index (χ2n) is 10.9. The van der Waals surface area contributed by atoms with Gasteiger partial charge < -0.3 is 18.9 Å². The third-order valence-corrected chi connectivity index (χ3v) is 7.90. The molecule has 2 atom stereocenters. The molecule has 1 aliphatic carbocycles. The average molecular weight is 501 g/mol. The van der Waals surface area contributed by atoms with Crippen molar-refractivity contribution in [2.24, 2.45) is 17.8 Å². The van der Waals surface area contributed by atoms with E-state index in [2.05, 4.69) is 28.9 Å². The van der Waals surface area contributed by atoms with E-state index >= 15 is 0 Å². The van der Waals surface area contributed by atoms with Crippen LogP contribution in [0.1, 0.15) is 60.8 Å². The summed E-state index contributed by atoms with van der Waals surface area (Å²) >= 11 is 0. The number of nitrogens with zero attached hydrogens (tertiary/aromatic N) is 4. The van der Waals surface area contributed by atoms with Crippen LogP contribution in [0.3, 0.4) is 0 Å². The van der Waals surface area contributed by atoms with Crippen molar-refractivity contribution in [2.75, 3.05) is 51.3 Å². The second-order valence-corrected chi connectivity index (χ2v) is 10.9. The van der Waals surface area contributed by atoms with E-state index in [0.29, 0.717) is 37.0 Å². The predicted octanol–water partition coefficient (Wildman–Crippen LogP) is 3.91. The van der Waals surface area contributed by atoms with Gasteiger partial charge in [-0.1, -0.05) is 25.1 Å². The first-order valence-electron chi connectivity index (χ1n) is 13.1. The number of anilines is 1. The zero-order chi connectivity index (χ0) is 25.2.